The first-order valence-corrected chi connectivity index (χ1v) is 8.09. The van der Waals surface area contributed by atoms with E-state index in [-0.39, 0.29) is 5.92 Å². The molecule has 0 amide bonds. The van der Waals surface area contributed by atoms with Crippen LogP contribution in [-0.2, 0) is 10.0 Å². The Balaban J connectivity index is 1.92. The maximum absolute atomic E-state index is 13.7. The summed E-state index contributed by atoms with van der Waals surface area (Å²) >= 11 is 0. The molecule has 2 atom stereocenters. The fraction of sp³-hybridized carbons (Fsp3) is 0.538. The molecule has 0 radical (unpaired) electrons. The summed E-state index contributed by atoms with van der Waals surface area (Å²) in [4.78, 5) is -0.829. The van der Waals surface area contributed by atoms with E-state index in [2.05, 4.69) is 5.32 Å². The molecule has 2 unspecified atom stereocenters. The van der Waals surface area contributed by atoms with Gasteiger partial charge in [0.2, 0.25) is 10.0 Å². The maximum atomic E-state index is 13.7. The molecule has 2 fully saturated rings. The third-order valence-electron chi connectivity index (χ3n) is 4.18. The molecule has 1 N–H and O–H groups in total. The van der Waals surface area contributed by atoms with Gasteiger partial charge in [0.25, 0.3) is 0 Å². The summed E-state index contributed by atoms with van der Waals surface area (Å²) in [5.74, 6) is -1.37. The minimum Gasteiger partial charge on any atom is -0.316 e. The molecular formula is C13H16F2N2O2S. The molecule has 4 nitrogen and oxygen atoms in total. The molecule has 2 aliphatic heterocycles. The van der Waals surface area contributed by atoms with E-state index < -0.39 is 26.6 Å². The van der Waals surface area contributed by atoms with Gasteiger partial charge in [-0.3, -0.25) is 0 Å². The summed E-state index contributed by atoms with van der Waals surface area (Å²) in [5, 5.41) is 3.23. The minimum absolute atomic E-state index is 0.230. The van der Waals surface area contributed by atoms with E-state index in [0.717, 1.165) is 37.7 Å². The lowest BCUT2D eigenvalue weighted by atomic mass is 9.90. The molecule has 0 aromatic heterocycles. The van der Waals surface area contributed by atoms with Crippen molar-refractivity contribution in [3.8, 4) is 0 Å². The Hall–Kier alpha value is -1.05. The van der Waals surface area contributed by atoms with Gasteiger partial charge in [0.05, 0.1) is 0 Å². The van der Waals surface area contributed by atoms with Crippen molar-refractivity contribution in [2.75, 3.05) is 26.2 Å². The summed E-state index contributed by atoms with van der Waals surface area (Å²) in [6.07, 6.45) is 0.729. The Morgan fingerprint density at radius 1 is 1.15 bits per heavy atom. The van der Waals surface area contributed by atoms with Crippen molar-refractivity contribution in [1.29, 1.82) is 0 Å². The number of hydrogen-bond donors (Lipinski definition) is 1. The molecule has 2 heterocycles. The van der Waals surface area contributed by atoms with Gasteiger partial charge in [-0.05, 0) is 43.5 Å². The number of benzene rings is 1. The van der Waals surface area contributed by atoms with Crippen molar-refractivity contribution in [1.82, 2.24) is 9.62 Å². The van der Waals surface area contributed by atoms with Crippen LogP contribution in [-0.4, -0.2) is 38.9 Å². The van der Waals surface area contributed by atoms with E-state index in [4.69, 9.17) is 0 Å². The Morgan fingerprint density at radius 3 is 2.50 bits per heavy atom. The Morgan fingerprint density at radius 2 is 1.80 bits per heavy atom. The van der Waals surface area contributed by atoms with Crippen LogP contribution < -0.4 is 5.32 Å². The van der Waals surface area contributed by atoms with E-state index in [0.29, 0.717) is 19.0 Å². The second-order valence-electron chi connectivity index (χ2n) is 5.38. The summed E-state index contributed by atoms with van der Waals surface area (Å²) in [5.41, 5.74) is 0. The fourth-order valence-electron chi connectivity index (χ4n) is 3.08. The molecule has 1 aromatic rings. The SMILES string of the molecule is O=S(=O)(c1c(F)cccc1F)N1CCC2CNCC2C1. The Kier molecular flexibility index (Phi) is 3.51. The topological polar surface area (TPSA) is 49.4 Å². The number of hydrogen-bond acceptors (Lipinski definition) is 3. The number of halogens is 2. The zero-order valence-electron chi connectivity index (χ0n) is 10.9. The van der Waals surface area contributed by atoms with Crippen molar-refractivity contribution >= 4 is 10.0 Å². The first-order chi connectivity index (χ1) is 9.50. The fourth-order valence-corrected chi connectivity index (χ4v) is 4.70. The van der Waals surface area contributed by atoms with Gasteiger partial charge in [-0.15, -0.1) is 0 Å². The molecule has 3 rings (SSSR count). The molecule has 0 aliphatic carbocycles. The molecule has 7 heteroatoms. The predicted molar refractivity (Wildman–Crippen MR) is 69.6 cm³/mol. The number of nitrogens with zero attached hydrogens (tertiary/aromatic N) is 1. The van der Waals surface area contributed by atoms with Crippen LogP contribution >= 0.6 is 0 Å². The van der Waals surface area contributed by atoms with Crippen molar-refractivity contribution in [3.05, 3.63) is 29.8 Å². The number of rotatable bonds is 2. The van der Waals surface area contributed by atoms with Crippen LogP contribution in [0.25, 0.3) is 0 Å². The van der Waals surface area contributed by atoms with E-state index >= 15 is 0 Å². The first kappa shape index (κ1) is 13.9. The third-order valence-corrected chi connectivity index (χ3v) is 6.10. The summed E-state index contributed by atoms with van der Waals surface area (Å²) in [6, 6.07) is 3.11. The quantitative estimate of drug-likeness (QED) is 0.893. The lowest BCUT2D eigenvalue weighted by Gasteiger charge is -2.33. The normalized spacial score (nSPS) is 27.5. The highest BCUT2D eigenvalue weighted by molar-refractivity contribution is 7.89. The molecule has 1 aromatic carbocycles. The largest absolute Gasteiger partial charge is 0.316 e. The van der Waals surface area contributed by atoms with Crippen molar-refractivity contribution in [3.63, 3.8) is 0 Å². The van der Waals surface area contributed by atoms with Gasteiger partial charge in [-0.1, -0.05) is 6.07 Å². The number of sulfonamides is 1. The second kappa shape index (κ2) is 5.05. The van der Waals surface area contributed by atoms with E-state index in [1.165, 1.54) is 4.31 Å². The standard InChI is InChI=1S/C13H16F2N2O2S/c14-11-2-1-3-12(15)13(11)20(18,19)17-5-4-9-6-16-7-10(9)8-17/h1-3,9-10,16H,4-8H2. The van der Waals surface area contributed by atoms with Crippen molar-refractivity contribution in [2.24, 2.45) is 11.8 Å². The summed E-state index contributed by atoms with van der Waals surface area (Å²) in [6.45, 7) is 2.30. The molecule has 0 saturated carbocycles. The van der Waals surface area contributed by atoms with Crippen LogP contribution in [0.5, 0.6) is 0 Å². The van der Waals surface area contributed by atoms with Crippen molar-refractivity contribution in [2.45, 2.75) is 11.3 Å². The van der Waals surface area contributed by atoms with Gasteiger partial charge in [-0.2, -0.15) is 4.31 Å². The third kappa shape index (κ3) is 2.23. The van der Waals surface area contributed by atoms with E-state index in [1.807, 2.05) is 0 Å². The first-order valence-electron chi connectivity index (χ1n) is 6.65. The van der Waals surface area contributed by atoms with Crippen LogP contribution in [0.15, 0.2) is 23.1 Å². The van der Waals surface area contributed by atoms with Crippen LogP contribution in [0.3, 0.4) is 0 Å². The molecular weight excluding hydrogens is 286 g/mol. The molecule has 0 bridgehead atoms. The van der Waals surface area contributed by atoms with Crippen LogP contribution in [0.2, 0.25) is 0 Å². The van der Waals surface area contributed by atoms with Crippen molar-refractivity contribution < 1.29 is 17.2 Å². The Labute approximate surface area is 116 Å². The number of piperidine rings is 1. The zero-order valence-corrected chi connectivity index (χ0v) is 11.7. The van der Waals surface area contributed by atoms with Crippen LogP contribution in [0.1, 0.15) is 6.42 Å². The predicted octanol–water partition coefficient (Wildman–Crippen LogP) is 1.19. The molecule has 0 spiro atoms. The highest BCUT2D eigenvalue weighted by atomic mass is 32.2. The maximum Gasteiger partial charge on any atom is 0.248 e. The number of nitrogens with one attached hydrogen (secondary N) is 1. The van der Waals surface area contributed by atoms with Gasteiger partial charge in [0.1, 0.15) is 11.6 Å². The molecule has 2 saturated heterocycles. The van der Waals surface area contributed by atoms with E-state index in [9.17, 15) is 17.2 Å². The lowest BCUT2D eigenvalue weighted by molar-refractivity contribution is 0.227. The Bertz CT molecular complexity index is 601. The number of fused-ring (bicyclic) bond motifs is 1. The molecule has 20 heavy (non-hydrogen) atoms. The van der Waals surface area contributed by atoms with Gasteiger partial charge in [-0.25, -0.2) is 17.2 Å². The monoisotopic (exact) mass is 302 g/mol. The molecule has 2 aliphatic rings. The van der Waals surface area contributed by atoms with Gasteiger partial charge >= 0.3 is 0 Å². The van der Waals surface area contributed by atoms with E-state index in [1.54, 1.807) is 0 Å². The highest BCUT2D eigenvalue weighted by Crippen LogP contribution is 2.31. The van der Waals surface area contributed by atoms with Gasteiger partial charge in [0, 0.05) is 13.1 Å². The van der Waals surface area contributed by atoms with Crippen LogP contribution in [0.4, 0.5) is 8.78 Å². The lowest BCUT2D eigenvalue weighted by Crippen LogP contribution is -2.43. The zero-order chi connectivity index (χ0) is 14.3. The smallest absolute Gasteiger partial charge is 0.248 e. The average molecular weight is 302 g/mol. The van der Waals surface area contributed by atoms with Crippen LogP contribution in [0, 0.1) is 23.5 Å². The van der Waals surface area contributed by atoms with Gasteiger partial charge < -0.3 is 5.32 Å². The molecule has 110 valence electrons. The second-order valence-corrected chi connectivity index (χ2v) is 7.26. The van der Waals surface area contributed by atoms with Gasteiger partial charge in [0.15, 0.2) is 4.90 Å². The summed E-state index contributed by atoms with van der Waals surface area (Å²) in [7, 11) is -4.11. The minimum atomic E-state index is -4.11. The average Bonchev–Trinajstić information content (AvgIpc) is 2.85. The summed E-state index contributed by atoms with van der Waals surface area (Å²) < 4.78 is 53.5. The highest BCUT2D eigenvalue weighted by Gasteiger charge is 2.39.